The molecule has 31 heavy (non-hydrogen) atoms. The SMILES string of the molecule is C/C=C\C=C(\C#N)CS(=O)CC1CCC(n2cc(C3=C4C=CNC4N=CN3)cn2)CC1. The van der Waals surface area contributed by atoms with E-state index in [1.54, 1.807) is 12.4 Å². The summed E-state index contributed by atoms with van der Waals surface area (Å²) < 4.78 is 14.6. The van der Waals surface area contributed by atoms with Crippen molar-refractivity contribution in [1.82, 2.24) is 20.4 Å². The van der Waals surface area contributed by atoms with Crippen molar-refractivity contribution in [2.24, 2.45) is 10.9 Å². The van der Waals surface area contributed by atoms with E-state index in [1.807, 2.05) is 31.5 Å². The predicted octanol–water partition coefficient (Wildman–Crippen LogP) is 3.17. The third kappa shape index (κ3) is 5.05. The lowest BCUT2D eigenvalue weighted by molar-refractivity contribution is 0.276. The highest BCUT2D eigenvalue weighted by molar-refractivity contribution is 7.85. The van der Waals surface area contributed by atoms with Crippen LogP contribution >= 0.6 is 0 Å². The lowest BCUT2D eigenvalue weighted by atomic mass is 9.87. The Morgan fingerprint density at radius 2 is 2.23 bits per heavy atom. The maximum absolute atomic E-state index is 12.5. The molecule has 162 valence electrons. The van der Waals surface area contributed by atoms with Gasteiger partial charge in [0.05, 0.1) is 36.1 Å². The number of hydrogen-bond acceptors (Lipinski definition) is 6. The number of aromatic nitrogens is 2. The molecule has 1 fully saturated rings. The molecule has 3 heterocycles. The van der Waals surface area contributed by atoms with Gasteiger partial charge in [0.25, 0.3) is 0 Å². The van der Waals surface area contributed by atoms with Crippen LogP contribution in [-0.4, -0.2) is 38.0 Å². The number of nitrogens with one attached hydrogen (secondary N) is 2. The summed E-state index contributed by atoms with van der Waals surface area (Å²) in [7, 11) is -0.995. The van der Waals surface area contributed by atoms with E-state index in [2.05, 4.69) is 43.7 Å². The molecule has 2 N–H and O–H groups in total. The molecule has 7 nitrogen and oxygen atoms in total. The highest BCUT2D eigenvalue weighted by Gasteiger charge is 2.26. The first kappa shape index (κ1) is 21.3. The van der Waals surface area contributed by atoms with E-state index in [9.17, 15) is 9.47 Å². The Balaban J connectivity index is 1.31. The molecule has 1 aromatic rings. The molecular weight excluding hydrogens is 408 g/mol. The molecule has 8 heteroatoms. The van der Waals surface area contributed by atoms with Gasteiger partial charge in [-0.3, -0.25) is 8.89 Å². The van der Waals surface area contributed by atoms with Crippen LogP contribution in [0.15, 0.2) is 59.0 Å². The second-order valence-electron chi connectivity index (χ2n) is 8.12. The quantitative estimate of drug-likeness (QED) is 0.506. The van der Waals surface area contributed by atoms with Gasteiger partial charge in [-0.1, -0.05) is 12.2 Å². The number of aliphatic imine (C=N–C) groups is 1. The van der Waals surface area contributed by atoms with E-state index in [4.69, 9.17) is 0 Å². The van der Waals surface area contributed by atoms with E-state index in [0.717, 1.165) is 42.5 Å². The van der Waals surface area contributed by atoms with Crippen molar-refractivity contribution in [3.63, 3.8) is 0 Å². The lowest BCUT2D eigenvalue weighted by Crippen LogP contribution is -2.28. The van der Waals surface area contributed by atoms with Crippen molar-refractivity contribution < 1.29 is 4.21 Å². The Morgan fingerprint density at radius 3 is 3.00 bits per heavy atom. The molecule has 3 aliphatic rings. The minimum Gasteiger partial charge on any atom is -0.366 e. The largest absolute Gasteiger partial charge is 0.366 e. The van der Waals surface area contributed by atoms with Crippen LogP contribution in [0.3, 0.4) is 0 Å². The summed E-state index contributed by atoms with van der Waals surface area (Å²) in [6.45, 7) is 1.90. The normalized spacial score (nSPS) is 26.5. The highest BCUT2D eigenvalue weighted by atomic mass is 32.2. The van der Waals surface area contributed by atoms with Gasteiger partial charge in [0.2, 0.25) is 0 Å². The number of nitriles is 1. The van der Waals surface area contributed by atoms with E-state index >= 15 is 0 Å². The van der Waals surface area contributed by atoms with Crippen LogP contribution in [-0.2, 0) is 10.8 Å². The summed E-state index contributed by atoms with van der Waals surface area (Å²) in [6.07, 6.45) is 19.3. The molecule has 0 bridgehead atoms. The number of nitrogens with zero attached hydrogens (tertiary/aromatic N) is 4. The highest BCUT2D eigenvalue weighted by Crippen LogP contribution is 2.33. The summed E-state index contributed by atoms with van der Waals surface area (Å²) >= 11 is 0. The van der Waals surface area contributed by atoms with Crippen LogP contribution in [0.4, 0.5) is 0 Å². The molecule has 0 radical (unpaired) electrons. The Morgan fingerprint density at radius 1 is 1.39 bits per heavy atom. The molecule has 1 aliphatic carbocycles. The average molecular weight is 437 g/mol. The fraction of sp³-hybridized carbons (Fsp3) is 0.435. The van der Waals surface area contributed by atoms with Crippen molar-refractivity contribution in [3.8, 4) is 6.07 Å². The minimum atomic E-state index is -0.995. The van der Waals surface area contributed by atoms with Gasteiger partial charge in [0.1, 0.15) is 6.17 Å². The summed E-state index contributed by atoms with van der Waals surface area (Å²) in [6, 6.07) is 2.53. The average Bonchev–Trinajstić information content (AvgIpc) is 3.46. The topological polar surface area (TPSA) is 95.1 Å². The van der Waals surface area contributed by atoms with Crippen molar-refractivity contribution in [2.45, 2.75) is 44.8 Å². The number of fused-ring (bicyclic) bond motifs is 1. The van der Waals surface area contributed by atoms with Crippen molar-refractivity contribution in [3.05, 3.63) is 59.6 Å². The molecule has 0 aromatic carbocycles. The van der Waals surface area contributed by atoms with E-state index < -0.39 is 10.8 Å². The van der Waals surface area contributed by atoms with E-state index in [1.165, 1.54) is 0 Å². The van der Waals surface area contributed by atoms with Gasteiger partial charge in [0, 0.05) is 39.5 Å². The fourth-order valence-electron chi connectivity index (χ4n) is 4.33. The standard InChI is InChI=1S/C23H28N6OS/c1-2-3-4-18(11-24)15-31(30)14-17-5-7-20(8-6-17)29-13-19(12-28-29)22-21-9-10-25-23(21)27-16-26-22/h2-4,9-10,12-13,16-17,20,23,25H,5-8,14-15H2,1H3,(H,26,27)/b3-2-,18-4-. The smallest absolute Gasteiger partial charge is 0.148 e. The Hall–Kier alpha value is -2.92. The number of allylic oxidation sites excluding steroid dienone is 3. The third-order valence-electron chi connectivity index (χ3n) is 5.98. The maximum atomic E-state index is 12.5. The first-order chi connectivity index (χ1) is 15.2. The van der Waals surface area contributed by atoms with Crippen molar-refractivity contribution in [1.29, 1.82) is 5.26 Å². The number of rotatable bonds is 7. The maximum Gasteiger partial charge on any atom is 0.148 e. The van der Waals surface area contributed by atoms with Gasteiger partial charge in [-0.2, -0.15) is 10.4 Å². The summed E-state index contributed by atoms with van der Waals surface area (Å²) in [4.78, 5) is 4.39. The molecule has 1 saturated carbocycles. The molecular formula is C23H28N6OS. The molecule has 1 aromatic heterocycles. The second-order valence-corrected chi connectivity index (χ2v) is 9.62. The summed E-state index contributed by atoms with van der Waals surface area (Å²) in [5.74, 6) is 1.47. The first-order valence-corrected chi connectivity index (χ1v) is 12.2. The Labute approximate surface area is 185 Å². The number of hydrogen-bond donors (Lipinski definition) is 2. The molecule has 2 atom stereocenters. The second kappa shape index (κ2) is 9.92. The van der Waals surface area contributed by atoms with Crippen LogP contribution < -0.4 is 10.6 Å². The van der Waals surface area contributed by atoms with Gasteiger partial charge in [0.15, 0.2) is 0 Å². The fourth-order valence-corrected chi connectivity index (χ4v) is 5.82. The zero-order valence-corrected chi connectivity index (χ0v) is 18.5. The van der Waals surface area contributed by atoms with Crippen molar-refractivity contribution >= 4 is 22.8 Å². The van der Waals surface area contributed by atoms with E-state index in [0.29, 0.717) is 29.0 Å². The third-order valence-corrected chi connectivity index (χ3v) is 7.46. The monoisotopic (exact) mass is 436 g/mol. The van der Waals surface area contributed by atoms with Crippen LogP contribution in [0, 0.1) is 17.2 Å². The van der Waals surface area contributed by atoms with Crippen LogP contribution in [0.2, 0.25) is 0 Å². The Kier molecular flexibility index (Phi) is 6.82. The molecule has 0 spiro atoms. The van der Waals surface area contributed by atoms with Crippen LogP contribution in [0.25, 0.3) is 5.70 Å². The summed E-state index contributed by atoms with van der Waals surface area (Å²) in [5.41, 5.74) is 3.84. The van der Waals surface area contributed by atoms with Gasteiger partial charge in [-0.15, -0.1) is 0 Å². The van der Waals surface area contributed by atoms with Gasteiger partial charge < -0.3 is 10.6 Å². The predicted molar refractivity (Wildman–Crippen MR) is 124 cm³/mol. The van der Waals surface area contributed by atoms with Gasteiger partial charge in [-0.25, -0.2) is 4.99 Å². The van der Waals surface area contributed by atoms with Crippen molar-refractivity contribution in [2.75, 3.05) is 11.5 Å². The lowest BCUT2D eigenvalue weighted by Gasteiger charge is -2.28. The Bertz CT molecular complexity index is 1020. The first-order valence-electron chi connectivity index (χ1n) is 10.7. The van der Waals surface area contributed by atoms with Crippen LogP contribution in [0.5, 0.6) is 0 Å². The van der Waals surface area contributed by atoms with Gasteiger partial charge >= 0.3 is 0 Å². The molecule has 0 amide bonds. The molecule has 2 unspecified atom stereocenters. The zero-order chi connectivity index (χ0) is 21.6. The molecule has 0 saturated heterocycles. The van der Waals surface area contributed by atoms with Gasteiger partial charge in [-0.05, 0) is 56.9 Å². The van der Waals surface area contributed by atoms with Crippen LogP contribution in [0.1, 0.15) is 44.2 Å². The zero-order valence-electron chi connectivity index (χ0n) is 17.7. The summed E-state index contributed by atoms with van der Waals surface area (Å²) in [5, 5.41) is 20.3. The molecule has 2 aliphatic heterocycles. The van der Waals surface area contributed by atoms with E-state index in [-0.39, 0.29) is 6.17 Å². The minimum absolute atomic E-state index is 0.00898. The molecule has 4 rings (SSSR count).